The molecular weight excluding hydrogens is 402 g/mol. The van der Waals surface area contributed by atoms with Crippen LogP contribution in [0.15, 0.2) is 18.5 Å². The number of aromatic nitrogens is 2. The van der Waals surface area contributed by atoms with Crippen LogP contribution in [0.2, 0.25) is 0 Å². The van der Waals surface area contributed by atoms with E-state index in [1.54, 1.807) is 33.9 Å². The molecule has 0 bridgehead atoms. The molecule has 0 aliphatic carbocycles. The number of hydrogen-bond acceptors (Lipinski definition) is 8. The van der Waals surface area contributed by atoms with Crippen molar-refractivity contribution >= 4 is 23.0 Å². The molecule has 2 heterocycles. The molecular formula is C22H29N3O6. The van der Waals surface area contributed by atoms with Crippen LogP contribution >= 0.6 is 0 Å². The number of carbonyl (C=O) groups excluding carboxylic acids is 2. The SMILES string of the molecule is COC(=O)C1CC(Oc2cc3c(C)ncnc3cc2OC)CCN1C(=O)OC(C)(C)C. The number of likely N-dealkylation sites (tertiary alicyclic amines) is 1. The third-order valence-corrected chi connectivity index (χ3v) is 5.07. The summed E-state index contributed by atoms with van der Waals surface area (Å²) in [6.07, 6.45) is 1.44. The highest BCUT2D eigenvalue weighted by atomic mass is 16.6. The Kier molecular flexibility index (Phi) is 6.52. The van der Waals surface area contributed by atoms with Gasteiger partial charge >= 0.3 is 12.1 Å². The summed E-state index contributed by atoms with van der Waals surface area (Å²) in [5.74, 6) is 0.566. The number of nitrogens with zero attached hydrogens (tertiary/aromatic N) is 3. The number of amides is 1. The van der Waals surface area contributed by atoms with E-state index in [4.69, 9.17) is 18.9 Å². The fourth-order valence-corrected chi connectivity index (χ4v) is 3.56. The van der Waals surface area contributed by atoms with Crippen LogP contribution < -0.4 is 9.47 Å². The molecule has 1 aromatic heterocycles. The van der Waals surface area contributed by atoms with Crippen LogP contribution in [0, 0.1) is 6.92 Å². The van der Waals surface area contributed by atoms with Gasteiger partial charge in [0.05, 0.1) is 19.7 Å². The third kappa shape index (κ3) is 5.15. The van der Waals surface area contributed by atoms with Gasteiger partial charge in [0, 0.05) is 36.5 Å². The number of rotatable bonds is 4. The molecule has 1 aliphatic heterocycles. The van der Waals surface area contributed by atoms with Crippen molar-refractivity contribution in [3.05, 3.63) is 24.2 Å². The van der Waals surface area contributed by atoms with Gasteiger partial charge in [-0.25, -0.2) is 19.6 Å². The van der Waals surface area contributed by atoms with Crippen LogP contribution in [0.3, 0.4) is 0 Å². The maximum atomic E-state index is 12.6. The van der Waals surface area contributed by atoms with E-state index in [1.807, 2.05) is 13.0 Å². The fraction of sp³-hybridized carbons (Fsp3) is 0.545. The Morgan fingerprint density at radius 3 is 2.52 bits per heavy atom. The number of benzene rings is 1. The molecule has 1 aromatic carbocycles. The van der Waals surface area contributed by atoms with Gasteiger partial charge < -0.3 is 18.9 Å². The predicted molar refractivity (Wildman–Crippen MR) is 113 cm³/mol. The zero-order valence-electron chi connectivity index (χ0n) is 18.8. The summed E-state index contributed by atoms with van der Waals surface area (Å²) in [7, 11) is 2.86. The van der Waals surface area contributed by atoms with Crippen LogP contribution in [-0.4, -0.2) is 65.4 Å². The van der Waals surface area contributed by atoms with Gasteiger partial charge in [-0.1, -0.05) is 0 Å². The molecule has 168 valence electrons. The summed E-state index contributed by atoms with van der Waals surface area (Å²) >= 11 is 0. The minimum absolute atomic E-state index is 0.275. The zero-order chi connectivity index (χ0) is 22.8. The summed E-state index contributed by atoms with van der Waals surface area (Å²) in [4.78, 5) is 35.0. The molecule has 1 fully saturated rings. The molecule has 1 aliphatic rings. The predicted octanol–water partition coefficient (Wildman–Crippen LogP) is 3.27. The molecule has 1 amide bonds. The Morgan fingerprint density at radius 1 is 1.13 bits per heavy atom. The largest absolute Gasteiger partial charge is 0.493 e. The highest BCUT2D eigenvalue weighted by Gasteiger charge is 2.40. The maximum absolute atomic E-state index is 12.6. The van der Waals surface area contributed by atoms with Crippen molar-refractivity contribution in [2.75, 3.05) is 20.8 Å². The van der Waals surface area contributed by atoms with Crippen LogP contribution in [0.4, 0.5) is 4.79 Å². The second-order valence-corrected chi connectivity index (χ2v) is 8.46. The average Bonchev–Trinajstić information content (AvgIpc) is 2.72. The molecule has 0 spiro atoms. The lowest BCUT2D eigenvalue weighted by Gasteiger charge is -2.38. The number of aryl methyl sites for hydroxylation is 1. The van der Waals surface area contributed by atoms with E-state index in [-0.39, 0.29) is 12.5 Å². The van der Waals surface area contributed by atoms with Crippen molar-refractivity contribution in [1.82, 2.24) is 14.9 Å². The first kappa shape index (κ1) is 22.6. The normalized spacial score (nSPS) is 19.1. The Bertz CT molecular complexity index is 972. The number of ether oxygens (including phenoxy) is 4. The lowest BCUT2D eigenvalue weighted by atomic mass is 9.99. The van der Waals surface area contributed by atoms with Gasteiger partial charge in [0.25, 0.3) is 0 Å². The van der Waals surface area contributed by atoms with Crippen molar-refractivity contribution in [3.8, 4) is 11.5 Å². The summed E-state index contributed by atoms with van der Waals surface area (Å²) in [6.45, 7) is 7.55. The molecule has 2 atom stereocenters. The smallest absolute Gasteiger partial charge is 0.411 e. The number of fused-ring (bicyclic) bond motifs is 1. The second kappa shape index (κ2) is 8.95. The second-order valence-electron chi connectivity index (χ2n) is 8.46. The van der Waals surface area contributed by atoms with Crippen molar-refractivity contribution in [1.29, 1.82) is 0 Å². The number of methoxy groups -OCH3 is 2. The molecule has 9 heteroatoms. The van der Waals surface area contributed by atoms with Crippen LogP contribution in [0.5, 0.6) is 11.5 Å². The highest BCUT2D eigenvalue weighted by molar-refractivity contribution is 5.84. The van der Waals surface area contributed by atoms with Crippen LogP contribution in [-0.2, 0) is 14.3 Å². The number of carbonyl (C=O) groups is 2. The van der Waals surface area contributed by atoms with Crippen molar-refractivity contribution in [3.63, 3.8) is 0 Å². The maximum Gasteiger partial charge on any atom is 0.411 e. The van der Waals surface area contributed by atoms with E-state index in [0.717, 1.165) is 16.6 Å². The monoisotopic (exact) mass is 431 g/mol. The minimum atomic E-state index is -0.796. The summed E-state index contributed by atoms with van der Waals surface area (Å²) < 4.78 is 22.1. The van der Waals surface area contributed by atoms with E-state index in [9.17, 15) is 9.59 Å². The Morgan fingerprint density at radius 2 is 1.87 bits per heavy atom. The molecule has 1 saturated heterocycles. The fourth-order valence-electron chi connectivity index (χ4n) is 3.56. The molecule has 3 rings (SSSR count). The van der Waals surface area contributed by atoms with Crippen molar-refractivity contribution in [2.45, 2.75) is 58.3 Å². The van der Waals surface area contributed by atoms with E-state index >= 15 is 0 Å². The lowest BCUT2D eigenvalue weighted by molar-refractivity contribution is -0.149. The molecule has 2 aromatic rings. The Labute approximate surface area is 181 Å². The number of piperidine rings is 1. The molecule has 0 N–H and O–H groups in total. The van der Waals surface area contributed by atoms with E-state index in [0.29, 0.717) is 24.5 Å². The van der Waals surface area contributed by atoms with Gasteiger partial charge in [0.1, 0.15) is 24.1 Å². The van der Waals surface area contributed by atoms with Gasteiger partial charge in [-0.3, -0.25) is 4.90 Å². The molecule has 9 nitrogen and oxygen atoms in total. The first-order valence-electron chi connectivity index (χ1n) is 10.2. The molecule has 0 saturated carbocycles. The van der Waals surface area contributed by atoms with Crippen LogP contribution in [0.25, 0.3) is 10.9 Å². The first-order chi connectivity index (χ1) is 14.6. The number of esters is 1. The molecule has 2 unspecified atom stereocenters. The minimum Gasteiger partial charge on any atom is -0.493 e. The van der Waals surface area contributed by atoms with E-state index in [2.05, 4.69) is 9.97 Å². The topological polar surface area (TPSA) is 100 Å². The van der Waals surface area contributed by atoms with Crippen molar-refractivity contribution < 1.29 is 28.5 Å². The standard InChI is InChI=1S/C22H29N3O6/c1-13-15-10-19(18(28-5)11-16(15)24-12-23-13)30-14-7-8-25(17(9-14)20(26)29-6)21(27)31-22(2,3)4/h10-12,14,17H,7-9H2,1-6H3. The third-order valence-electron chi connectivity index (χ3n) is 5.07. The average molecular weight is 431 g/mol. The highest BCUT2D eigenvalue weighted by Crippen LogP contribution is 2.35. The first-order valence-corrected chi connectivity index (χ1v) is 10.2. The zero-order valence-corrected chi connectivity index (χ0v) is 18.8. The van der Waals surface area contributed by atoms with Gasteiger partial charge in [0.15, 0.2) is 11.5 Å². The van der Waals surface area contributed by atoms with Crippen LogP contribution in [0.1, 0.15) is 39.3 Å². The molecule has 31 heavy (non-hydrogen) atoms. The van der Waals surface area contributed by atoms with E-state index < -0.39 is 23.7 Å². The van der Waals surface area contributed by atoms with E-state index in [1.165, 1.54) is 18.3 Å². The number of hydrogen-bond donors (Lipinski definition) is 0. The Balaban J connectivity index is 1.83. The summed E-state index contributed by atoms with van der Waals surface area (Å²) in [5.41, 5.74) is 0.914. The molecule has 0 radical (unpaired) electrons. The summed E-state index contributed by atoms with van der Waals surface area (Å²) in [5, 5.41) is 0.856. The van der Waals surface area contributed by atoms with Gasteiger partial charge in [-0.05, 0) is 33.8 Å². The quantitative estimate of drug-likeness (QED) is 0.680. The van der Waals surface area contributed by atoms with Gasteiger partial charge in [-0.15, -0.1) is 0 Å². The summed E-state index contributed by atoms with van der Waals surface area (Å²) in [6, 6.07) is 2.85. The lowest BCUT2D eigenvalue weighted by Crippen LogP contribution is -2.53. The van der Waals surface area contributed by atoms with Gasteiger partial charge in [-0.2, -0.15) is 0 Å². The Hall–Kier alpha value is -3.10. The van der Waals surface area contributed by atoms with Crippen molar-refractivity contribution in [2.24, 2.45) is 0 Å². The van der Waals surface area contributed by atoms with Gasteiger partial charge in [0.2, 0.25) is 0 Å².